The summed E-state index contributed by atoms with van der Waals surface area (Å²) in [5, 5.41) is 4.33. The molecule has 0 aliphatic carbocycles. The fourth-order valence-electron chi connectivity index (χ4n) is 2.91. The number of nitrogens with zero attached hydrogens (tertiary/aromatic N) is 2. The number of rotatable bonds is 8. The highest BCUT2D eigenvalue weighted by Gasteiger charge is 2.17. The van der Waals surface area contributed by atoms with Crippen molar-refractivity contribution in [3.8, 4) is 0 Å². The Balaban J connectivity index is 1.40. The molecule has 4 rings (SSSR count). The zero-order chi connectivity index (χ0) is 25.1. The molecule has 0 spiro atoms. The van der Waals surface area contributed by atoms with E-state index < -0.39 is 26.0 Å². The molecule has 0 fully saturated rings. The summed E-state index contributed by atoms with van der Waals surface area (Å²) in [6, 6.07) is 16.3. The first-order valence-electron chi connectivity index (χ1n) is 10.0. The maximum absolute atomic E-state index is 12.6. The number of aromatic nitrogens is 2. The molecule has 0 aliphatic rings. The lowest BCUT2D eigenvalue weighted by molar-refractivity contribution is 0.102. The molecular formula is C22H19N5O5S3. The lowest BCUT2D eigenvalue weighted by Crippen LogP contribution is -2.16. The van der Waals surface area contributed by atoms with Crippen molar-refractivity contribution in [2.75, 3.05) is 14.8 Å². The lowest BCUT2D eigenvalue weighted by Gasteiger charge is -2.10. The Morgan fingerprint density at radius 3 is 2.14 bits per heavy atom. The first-order chi connectivity index (χ1) is 16.6. The van der Waals surface area contributed by atoms with E-state index in [1.54, 1.807) is 24.4 Å². The highest BCUT2D eigenvalue weighted by Crippen LogP contribution is 2.21. The van der Waals surface area contributed by atoms with Gasteiger partial charge in [0.15, 0.2) is 0 Å². The molecule has 2 aromatic carbocycles. The molecule has 1 amide bonds. The van der Waals surface area contributed by atoms with Gasteiger partial charge in [0.05, 0.1) is 4.90 Å². The number of hydrogen-bond acceptors (Lipinski definition) is 8. The number of aryl methyl sites for hydroxylation is 1. The van der Waals surface area contributed by atoms with Gasteiger partial charge in [-0.15, -0.1) is 11.3 Å². The summed E-state index contributed by atoms with van der Waals surface area (Å²) in [5.41, 5.74) is 1.60. The number of benzene rings is 2. The smallest absolute Gasteiger partial charge is 0.271 e. The predicted molar refractivity (Wildman–Crippen MR) is 134 cm³/mol. The van der Waals surface area contributed by atoms with E-state index in [1.807, 2.05) is 0 Å². The summed E-state index contributed by atoms with van der Waals surface area (Å²) in [6.45, 7) is 1.72. The molecule has 2 heterocycles. The van der Waals surface area contributed by atoms with Gasteiger partial charge < -0.3 is 5.32 Å². The van der Waals surface area contributed by atoms with Crippen LogP contribution in [0.3, 0.4) is 0 Å². The Labute approximate surface area is 206 Å². The van der Waals surface area contributed by atoms with Gasteiger partial charge in [0.1, 0.15) is 4.21 Å². The molecule has 4 aromatic rings. The molecule has 0 unspecified atom stereocenters. The number of thiophene rings is 1. The number of carbonyl (C=O) groups is 1. The third-order valence-corrected chi connectivity index (χ3v) is 8.73. The van der Waals surface area contributed by atoms with Gasteiger partial charge in [-0.3, -0.25) is 9.52 Å². The van der Waals surface area contributed by atoms with E-state index in [0.717, 1.165) is 11.3 Å². The molecule has 0 atom stereocenters. The van der Waals surface area contributed by atoms with Crippen molar-refractivity contribution >= 4 is 54.6 Å². The summed E-state index contributed by atoms with van der Waals surface area (Å²) in [4.78, 5) is 20.4. The maximum Gasteiger partial charge on any atom is 0.271 e. The summed E-state index contributed by atoms with van der Waals surface area (Å²) in [6.07, 6.45) is 1.45. The largest absolute Gasteiger partial charge is 0.322 e. The second-order valence-corrected chi connectivity index (χ2v) is 11.8. The Bertz CT molecular complexity index is 1550. The molecule has 0 bridgehead atoms. The average molecular weight is 530 g/mol. The van der Waals surface area contributed by atoms with Gasteiger partial charge in [-0.2, -0.15) is 0 Å². The maximum atomic E-state index is 12.6. The summed E-state index contributed by atoms with van der Waals surface area (Å²) in [5.74, 6) is -0.483. The minimum absolute atomic E-state index is 0.0250. The quantitative estimate of drug-likeness (QED) is 0.315. The van der Waals surface area contributed by atoms with Gasteiger partial charge in [-0.1, -0.05) is 6.07 Å². The summed E-state index contributed by atoms with van der Waals surface area (Å²) in [7, 11) is -7.59. The van der Waals surface area contributed by atoms with Crippen molar-refractivity contribution in [1.82, 2.24) is 9.97 Å². The highest BCUT2D eigenvalue weighted by atomic mass is 32.2. The fourth-order valence-corrected chi connectivity index (χ4v) is 5.91. The van der Waals surface area contributed by atoms with E-state index in [9.17, 15) is 21.6 Å². The molecule has 2 aromatic heterocycles. The number of carbonyl (C=O) groups excluding carboxylic acids is 1. The van der Waals surface area contributed by atoms with Crippen LogP contribution < -0.4 is 14.8 Å². The van der Waals surface area contributed by atoms with E-state index in [-0.39, 0.29) is 15.1 Å². The predicted octanol–water partition coefficient (Wildman–Crippen LogP) is 3.70. The topological polar surface area (TPSA) is 147 Å². The molecular weight excluding hydrogens is 510 g/mol. The van der Waals surface area contributed by atoms with Crippen molar-refractivity contribution in [1.29, 1.82) is 0 Å². The van der Waals surface area contributed by atoms with Gasteiger partial charge in [-0.05, 0) is 73.0 Å². The molecule has 0 radical (unpaired) electrons. The minimum atomic E-state index is -3.91. The number of nitrogens with one attached hydrogen (secondary N) is 3. The van der Waals surface area contributed by atoms with Crippen LogP contribution in [0.4, 0.5) is 17.3 Å². The molecule has 0 saturated heterocycles. The Hall–Kier alpha value is -3.81. The molecule has 3 N–H and O–H groups in total. The highest BCUT2D eigenvalue weighted by molar-refractivity contribution is 7.94. The molecule has 0 saturated carbocycles. The second kappa shape index (κ2) is 9.82. The standard InChI is InChI=1S/C22H19N5O5S3/c1-15-12-13-23-22(24-15)27-34(29,30)19-10-8-17(9-11-19)25-21(28)16-4-6-18(7-5-16)26-35(31,32)20-3-2-14-33-20/h2-14,26H,1H3,(H,25,28)(H,23,24,27). The number of hydrogen-bond donors (Lipinski definition) is 3. The molecule has 10 nitrogen and oxygen atoms in total. The zero-order valence-corrected chi connectivity index (χ0v) is 20.6. The monoisotopic (exact) mass is 529 g/mol. The van der Waals surface area contributed by atoms with Crippen LogP contribution in [0.2, 0.25) is 0 Å². The van der Waals surface area contributed by atoms with Crippen molar-refractivity contribution < 1.29 is 21.6 Å². The van der Waals surface area contributed by atoms with Crippen LogP contribution in [0.15, 0.2) is 87.4 Å². The SMILES string of the molecule is Cc1ccnc(NS(=O)(=O)c2ccc(NC(=O)c3ccc(NS(=O)(=O)c4cccs4)cc3)cc2)n1. The number of amides is 1. The molecule has 35 heavy (non-hydrogen) atoms. The average Bonchev–Trinajstić information content (AvgIpc) is 3.36. The number of sulfonamides is 2. The van der Waals surface area contributed by atoms with Crippen molar-refractivity contribution in [3.05, 3.63) is 89.6 Å². The molecule has 13 heteroatoms. The van der Waals surface area contributed by atoms with Crippen molar-refractivity contribution in [3.63, 3.8) is 0 Å². The zero-order valence-electron chi connectivity index (χ0n) is 18.2. The Kier molecular flexibility index (Phi) is 6.82. The lowest BCUT2D eigenvalue weighted by atomic mass is 10.2. The third kappa shape index (κ3) is 6.01. The Morgan fingerprint density at radius 2 is 1.51 bits per heavy atom. The fraction of sp³-hybridized carbons (Fsp3) is 0.0455. The van der Waals surface area contributed by atoms with Gasteiger partial charge in [0.2, 0.25) is 5.95 Å². The van der Waals surface area contributed by atoms with E-state index in [0.29, 0.717) is 22.6 Å². The first kappa shape index (κ1) is 24.3. The summed E-state index contributed by atoms with van der Waals surface area (Å²) >= 11 is 1.10. The van der Waals surface area contributed by atoms with Crippen LogP contribution in [0.1, 0.15) is 16.1 Å². The Morgan fingerprint density at radius 1 is 0.829 bits per heavy atom. The second-order valence-electron chi connectivity index (χ2n) is 7.22. The van der Waals surface area contributed by atoms with E-state index in [4.69, 9.17) is 0 Å². The van der Waals surface area contributed by atoms with Crippen LogP contribution >= 0.6 is 11.3 Å². The minimum Gasteiger partial charge on any atom is -0.322 e. The summed E-state index contributed by atoms with van der Waals surface area (Å²) < 4.78 is 54.7. The van der Waals surface area contributed by atoms with E-state index in [1.165, 1.54) is 60.8 Å². The molecule has 180 valence electrons. The van der Waals surface area contributed by atoms with Crippen LogP contribution in [0.25, 0.3) is 0 Å². The van der Waals surface area contributed by atoms with Gasteiger partial charge >= 0.3 is 0 Å². The first-order valence-corrected chi connectivity index (χ1v) is 13.9. The van der Waals surface area contributed by atoms with Gasteiger partial charge in [0.25, 0.3) is 26.0 Å². The van der Waals surface area contributed by atoms with Gasteiger partial charge in [0, 0.05) is 28.8 Å². The van der Waals surface area contributed by atoms with Crippen LogP contribution in [-0.2, 0) is 20.0 Å². The van der Waals surface area contributed by atoms with Crippen molar-refractivity contribution in [2.24, 2.45) is 0 Å². The molecule has 0 aliphatic heterocycles. The van der Waals surface area contributed by atoms with Crippen LogP contribution in [-0.4, -0.2) is 32.7 Å². The number of anilines is 3. The van der Waals surface area contributed by atoms with Gasteiger partial charge in [-0.25, -0.2) is 31.5 Å². The normalized spacial score (nSPS) is 11.6. The van der Waals surface area contributed by atoms with Crippen LogP contribution in [0, 0.1) is 6.92 Å². The van der Waals surface area contributed by atoms with E-state index in [2.05, 4.69) is 24.7 Å². The third-order valence-electron chi connectivity index (χ3n) is 4.60. The van der Waals surface area contributed by atoms with E-state index >= 15 is 0 Å². The van der Waals surface area contributed by atoms with Crippen LogP contribution in [0.5, 0.6) is 0 Å². The van der Waals surface area contributed by atoms with Crippen molar-refractivity contribution in [2.45, 2.75) is 16.0 Å².